The number of anilines is 1. The highest BCUT2D eigenvalue weighted by Crippen LogP contribution is 2.26. The number of ketones is 1. The summed E-state index contributed by atoms with van der Waals surface area (Å²) < 4.78 is 0. The van der Waals surface area contributed by atoms with Crippen LogP contribution < -0.4 is 4.90 Å². The Morgan fingerprint density at radius 3 is 2.81 bits per heavy atom. The van der Waals surface area contributed by atoms with Gasteiger partial charge < -0.3 is 4.90 Å². The molecule has 0 bridgehead atoms. The van der Waals surface area contributed by atoms with Gasteiger partial charge in [0.2, 0.25) is 0 Å². The van der Waals surface area contributed by atoms with E-state index in [9.17, 15) is 4.79 Å². The van der Waals surface area contributed by atoms with E-state index >= 15 is 0 Å². The normalized spacial score (nSPS) is 24.6. The van der Waals surface area contributed by atoms with Gasteiger partial charge in [-0.3, -0.25) is 9.69 Å². The van der Waals surface area contributed by atoms with Crippen molar-refractivity contribution in [2.24, 2.45) is 5.92 Å². The first kappa shape index (κ1) is 15.3. The lowest BCUT2D eigenvalue weighted by Gasteiger charge is -2.31. The number of thiazole rings is 1. The van der Waals surface area contributed by atoms with Crippen LogP contribution in [0.15, 0.2) is 11.6 Å². The standard InChI is InChI=1S/C15H23N3OS2/c1-20-13-4-6-17(10-13)11-14(19)12-2-7-18(8-3-12)15-16-5-9-21-15/h5,9,12-13H,2-4,6-8,10-11H2,1H3/t13-/m0/s1. The lowest BCUT2D eigenvalue weighted by Crippen LogP contribution is -2.39. The molecule has 0 aliphatic carbocycles. The lowest BCUT2D eigenvalue weighted by molar-refractivity contribution is -0.124. The van der Waals surface area contributed by atoms with Crippen molar-refractivity contribution in [1.82, 2.24) is 9.88 Å². The third-order valence-electron chi connectivity index (χ3n) is 4.58. The van der Waals surface area contributed by atoms with Crippen molar-refractivity contribution in [2.75, 3.05) is 43.9 Å². The Kier molecular flexibility index (Phi) is 5.19. The summed E-state index contributed by atoms with van der Waals surface area (Å²) in [6, 6.07) is 0. The molecule has 0 unspecified atom stereocenters. The number of piperidine rings is 1. The zero-order valence-corrected chi connectivity index (χ0v) is 14.2. The molecule has 0 spiro atoms. The van der Waals surface area contributed by atoms with Crippen molar-refractivity contribution < 1.29 is 4.79 Å². The molecule has 2 aliphatic rings. The molecule has 6 heteroatoms. The highest BCUT2D eigenvalue weighted by Gasteiger charge is 2.29. The van der Waals surface area contributed by atoms with Crippen LogP contribution in [-0.4, -0.2) is 59.9 Å². The number of Topliss-reactive ketones (excluding diaryl/α,β-unsaturated/α-hetero) is 1. The van der Waals surface area contributed by atoms with E-state index in [1.807, 2.05) is 23.3 Å². The van der Waals surface area contributed by atoms with E-state index in [-0.39, 0.29) is 5.92 Å². The second kappa shape index (κ2) is 7.11. The van der Waals surface area contributed by atoms with Crippen LogP contribution in [-0.2, 0) is 4.79 Å². The first-order valence-corrected chi connectivity index (χ1v) is 9.85. The maximum Gasteiger partial charge on any atom is 0.185 e. The molecule has 2 fully saturated rings. The van der Waals surface area contributed by atoms with Gasteiger partial charge in [-0.05, 0) is 32.1 Å². The van der Waals surface area contributed by atoms with Crippen molar-refractivity contribution in [3.05, 3.63) is 11.6 Å². The van der Waals surface area contributed by atoms with Gasteiger partial charge in [0.05, 0.1) is 6.54 Å². The third-order valence-corrected chi connectivity index (χ3v) is 6.47. The second-order valence-electron chi connectivity index (χ2n) is 5.92. The van der Waals surface area contributed by atoms with Gasteiger partial charge in [-0.2, -0.15) is 11.8 Å². The average Bonchev–Trinajstić information content (AvgIpc) is 3.19. The fraction of sp³-hybridized carbons (Fsp3) is 0.733. The SMILES string of the molecule is CS[C@H]1CCN(CC(=O)C2CCN(c3nccs3)CC2)C1. The summed E-state index contributed by atoms with van der Waals surface area (Å²) in [5.41, 5.74) is 0. The predicted octanol–water partition coefficient (Wildman–Crippen LogP) is 2.37. The number of hydrogen-bond acceptors (Lipinski definition) is 6. The third kappa shape index (κ3) is 3.79. The number of carbonyl (C=O) groups is 1. The molecular weight excluding hydrogens is 302 g/mol. The summed E-state index contributed by atoms with van der Waals surface area (Å²) in [6.07, 6.45) is 7.23. The number of likely N-dealkylation sites (tertiary alicyclic amines) is 1. The summed E-state index contributed by atoms with van der Waals surface area (Å²) in [5.74, 6) is 0.713. The van der Waals surface area contributed by atoms with Gasteiger partial charge in [0.25, 0.3) is 0 Å². The summed E-state index contributed by atoms with van der Waals surface area (Å²) >= 11 is 3.62. The number of aromatic nitrogens is 1. The number of nitrogens with zero attached hydrogens (tertiary/aromatic N) is 3. The van der Waals surface area contributed by atoms with Gasteiger partial charge in [-0.15, -0.1) is 11.3 Å². The molecule has 0 radical (unpaired) electrons. The average molecular weight is 326 g/mol. The molecule has 2 aliphatic heterocycles. The van der Waals surface area contributed by atoms with Crippen LogP contribution in [0.2, 0.25) is 0 Å². The molecule has 3 heterocycles. The molecule has 2 saturated heterocycles. The van der Waals surface area contributed by atoms with E-state index < -0.39 is 0 Å². The van der Waals surface area contributed by atoms with E-state index in [1.165, 1.54) is 6.42 Å². The molecule has 0 aromatic carbocycles. The van der Waals surface area contributed by atoms with Crippen LogP contribution in [0, 0.1) is 5.92 Å². The number of rotatable bonds is 5. The first-order chi connectivity index (χ1) is 10.3. The summed E-state index contributed by atoms with van der Waals surface area (Å²) in [5, 5.41) is 3.84. The van der Waals surface area contributed by atoms with Crippen LogP contribution in [0.1, 0.15) is 19.3 Å². The minimum absolute atomic E-state index is 0.259. The second-order valence-corrected chi connectivity index (χ2v) is 7.93. The molecule has 1 atom stereocenters. The van der Waals surface area contributed by atoms with Crippen LogP contribution in [0.5, 0.6) is 0 Å². The number of carbonyl (C=O) groups excluding carboxylic acids is 1. The smallest absolute Gasteiger partial charge is 0.185 e. The fourth-order valence-corrected chi connectivity index (χ4v) is 4.65. The molecule has 4 nitrogen and oxygen atoms in total. The van der Waals surface area contributed by atoms with Crippen molar-refractivity contribution in [1.29, 1.82) is 0 Å². The van der Waals surface area contributed by atoms with Crippen LogP contribution in [0.25, 0.3) is 0 Å². The Morgan fingerprint density at radius 1 is 1.38 bits per heavy atom. The zero-order valence-electron chi connectivity index (χ0n) is 12.5. The first-order valence-electron chi connectivity index (χ1n) is 7.68. The summed E-state index contributed by atoms with van der Waals surface area (Å²) in [7, 11) is 0. The monoisotopic (exact) mass is 325 g/mol. The van der Waals surface area contributed by atoms with Gasteiger partial charge in [0.15, 0.2) is 5.13 Å². The van der Waals surface area contributed by atoms with Gasteiger partial charge in [0, 0.05) is 42.4 Å². The largest absolute Gasteiger partial charge is 0.348 e. The minimum atomic E-state index is 0.259. The maximum atomic E-state index is 12.5. The fourth-order valence-electron chi connectivity index (χ4n) is 3.25. The van der Waals surface area contributed by atoms with Crippen molar-refractivity contribution in [3.63, 3.8) is 0 Å². The van der Waals surface area contributed by atoms with Crippen LogP contribution in [0.4, 0.5) is 5.13 Å². The number of hydrogen-bond donors (Lipinski definition) is 0. The Labute approximate surface area is 134 Å². The summed E-state index contributed by atoms with van der Waals surface area (Å²) in [6.45, 7) is 4.79. The van der Waals surface area contributed by atoms with Gasteiger partial charge in [-0.1, -0.05) is 0 Å². The van der Waals surface area contributed by atoms with Gasteiger partial charge >= 0.3 is 0 Å². The van der Waals surface area contributed by atoms with Crippen molar-refractivity contribution in [2.45, 2.75) is 24.5 Å². The Balaban J connectivity index is 1.45. The molecule has 1 aromatic rings. The Bertz CT molecular complexity index is 457. The molecule has 1 aromatic heterocycles. The van der Waals surface area contributed by atoms with Crippen molar-refractivity contribution >= 4 is 34.0 Å². The molecule has 0 saturated carbocycles. The Hall–Kier alpha value is -0.590. The molecular formula is C15H23N3OS2. The van der Waals surface area contributed by atoms with Gasteiger partial charge in [0.1, 0.15) is 5.78 Å². The van der Waals surface area contributed by atoms with E-state index in [0.717, 1.165) is 49.4 Å². The lowest BCUT2D eigenvalue weighted by atomic mass is 9.92. The highest BCUT2D eigenvalue weighted by atomic mass is 32.2. The Morgan fingerprint density at radius 2 is 2.19 bits per heavy atom. The van der Waals surface area contributed by atoms with Crippen LogP contribution >= 0.6 is 23.1 Å². The summed E-state index contributed by atoms with van der Waals surface area (Å²) in [4.78, 5) is 21.5. The zero-order chi connectivity index (χ0) is 14.7. The van der Waals surface area contributed by atoms with E-state index in [4.69, 9.17) is 0 Å². The topological polar surface area (TPSA) is 36.4 Å². The quantitative estimate of drug-likeness (QED) is 0.831. The molecule has 0 amide bonds. The van der Waals surface area contributed by atoms with Gasteiger partial charge in [-0.25, -0.2) is 4.98 Å². The van der Waals surface area contributed by atoms with Crippen LogP contribution in [0.3, 0.4) is 0 Å². The molecule has 21 heavy (non-hydrogen) atoms. The van der Waals surface area contributed by atoms with E-state index in [1.54, 1.807) is 11.3 Å². The molecule has 3 rings (SSSR count). The number of thioether (sulfide) groups is 1. The van der Waals surface area contributed by atoms with Crippen molar-refractivity contribution in [3.8, 4) is 0 Å². The molecule has 0 N–H and O–H groups in total. The minimum Gasteiger partial charge on any atom is -0.348 e. The predicted molar refractivity (Wildman–Crippen MR) is 90.4 cm³/mol. The molecule has 116 valence electrons. The van der Waals surface area contributed by atoms with E-state index in [0.29, 0.717) is 12.3 Å². The van der Waals surface area contributed by atoms with E-state index in [2.05, 4.69) is 21.0 Å². The maximum absolute atomic E-state index is 12.5. The highest BCUT2D eigenvalue weighted by molar-refractivity contribution is 7.99.